The molecule has 0 unspecified atom stereocenters. The summed E-state index contributed by atoms with van der Waals surface area (Å²) in [6.45, 7) is 2.95. The second-order valence-electron chi connectivity index (χ2n) is 5.49. The standard InChI is InChI=1S/C14H22N4O2/c1-3-14(8-4-5-9-14)10-16-13-11(18(19)20)6-7-12(15-2)17-13/h6-7H,3-5,8-10H2,1-2H3,(H2,15,16,17). The first-order valence-corrected chi connectivity index (χ1v) is 7.17. The lowest BCUT2D eigenvalue weighted by Gasteiger charge is -2.27. The summed E-state index contributed by atoms with van der Waals surface area (Å²) >= 11 is 0. The molecular formula is C14H22N4O2. The van der Waals surface area contributed by atoms with Crippen LogP contribution in [0.1, 0.15) is 39.0 Å². The van der Waals surface area contributed by atoms with Crippen LogP contribution in [0.5, 0.6) is 0 Å². The Morgan fingerprint density at radius 1 is 1.40 bits per heavy atom. The summed E-state index contributed by atoms with van der Waals surface area (Å²) in [5.74, 6) is 0.997. The number of hydrogen-bond donors (Lipinski definition) is 2. The Morgan fingerprint density at radius 2 is 2.10 bits per heavy atom. The molecule has 1 aromatic heterocycles. The summed E-state index contributed by atoms with van der Waals surface area (Å²) in [5.41, 5.74) is 0.304. The zero-order chi connectivity index (χ0) is 14.6. The van der Waals surface area contributed by atoms with Crippen LogP contribution in [-0.2, 0) is 0 Å². The fraction of sp³-hybridized carbons (Fsp3) is 0.643. The van der Waals surface area contributed by atoms with Gasteiger partial charge in [-0.3, -0.25) is 10.1 Å². The van der Waals surface area contributed by atoms with Crippen molar-refractivity contribution in [3.63, 3.8) is 0 Å². The second-order valence-corrected chi connectivity index (χ2v) is 5.49. The lowest BCUT2D eigenvalue weighted by atomic mass is 9.83. The number of pyridine rings is 1. The van der Waals surface area contributed by atoms with Gasteiger partial charge < -0.3 is 10.6 Å². The molecule has 0 aliphatic heterocycles. The first kappa shape index (κ1) is 14.6. The highest BCUT2D eigenvalue weighted by Crippen LogP contribution is 2.41. The zero-order valence-corrected chi connectivity index (χ0v) is 12.1. The van der Waals surface area contributed by atoms with Gasteiger partial charge in [0.2, 0.25) is 5.82 Å². The summed E-state index contributed by atoms with van der Waals surface area (Å²) in [6, 6.07) is 3.11. The number of hydrogen-bond acceptors (Lipinski definition) is 5. The Kier molecular flexibility index (Phi) is 4.42. The molecule has 6 heteroatoms. The summed E-state index contributed by atoms with van der Waals surface area (Å²) in [6.07, 6.45) is 5.98. The highest BCUT2D eigenvalue weighted by molar-refractivity contribution is 5.60. The number of rotatable bonds is 6. The average Bonchev–Trinajstić information content (AvgIpc) is 2.94. The molecule has 0 amide bonds. The van der Waals surface area contributed by atoms with Gasteiger partial charge in [-0.2, -0.15) is 0 Å². The average molecular weight is 278 g/mol. The Hall–Kier alpha value is -1.85. The Morgan fingerprint density at radius 3 is 2.65 bits per heavy atom. The fourth-order valence-corrected chi connectivity index (χ4v) is 2.92. The summed E-state index contributed by atoms with van der Waals surface area (Å²) < 4.78 is 0. The number of aromatic nitrogens is 1. The molecule has 1 aliphatic rings. The molecule has 0 aromatic carbocycles. The van der Waals surface area contributed by atoms with E-state index in [1.165, 1.54) is 31.7 Å². The first-order valence-electron chi connectivity index (χ1n) is 7.17. The molecule has 1 fully saturated rings. The maximum absolute atomic E-state index is 11.1. The minimum Gasteiger partial charge on any atom is -0.373 e. The van der Waals surface area contributed by atoms with Crippen molar-refractivity contribution in [2.45, 2.75) is 39.0 Å². The zero-order valence-electron chi connectivity index (χ0n) is 12.1. The van der Waals surface area contributed by atoms with Gasteiger partial charge in [0.25, 0.3) is 0 Å². The smallest absolute Gasteiger partial charge is 0.311 e. The van der Waals surface area contributed by atoms with Crippen molar-refractivity contribution < 1.29 is 4.92 Å². The predicted molar refractivity (Wildman–Crippen MR) is 80.1 cm³/mol. The van der Waals surface area contributed by atoms with Gasteiger partial charge in [-0.1, -0.05) is 19.8 Å². The van der Waals surface area contributed by atoms with E-state index in [-0.39, 0.29) is 16.0 Å². The summed E-state index contributed by atoms with van der Waals surface area (Å²) in [4.78, 5) is 15.0. The second kappa shape index (κ2) is 6.07. The topological polar surface area (TPSA) is 80.1 Å². The van der Waals surface area contributed by atoms with E-state index >= 15 is 0 Å². The van der Waals surface area contributed by atoms with Crippen LogP contribution in [0.4, 0.5) is 17.3 Å². The van der Waals surface area contributed by atoms with E-state index in [2.05, 4.69) is 22.5 Å². The van der Waals surface area contributed by atoms with Crippen LogP contribution in [0, 0.1) is 15.5 Å². The normalized spacial score (nSPS) is 16.9. The molecular weight excluding hydrogens is 256 g/mol. The van der Waals surface area contributed by atoms with E-state index in [0.717, 1.165) is 13.0 Å². The molecule has 0 saturated heterocycles. The maximum Gasteiger partial charge on any atom is 0.311 e. The fourth-order valence-electron chi connectivity index (χ4n) is 2.92. The van der Waals surface area contributed by atoms with E-state index in [0.29, 0.717) is 11.6 Å². The van der Waals surface area contributed by atoms with Gasteiger partial charge in [0, 0.05) is 19.7 Å². The molecule has 0 atom stereocenters. The molecule has 1 aliphatic carbocycles. The highest BCUT2D eigenvalue weighted by Gasteiger charge is 2.32. The van der Waals surface area contributed by atoms with Crippen LogP contribution < -0.4 is 10.6 Å². The number of nitrogens with zero attached hydrogens (tertiary/aromatic N) is 2. The van der Waals surface area contributed by atoms with Gasteiger partial charge >= 0.3 is 5.69 Å². The summed E-state index contributed by atoms with van der Waals surface area (Å²) in [7, 11) is 1.75. The van der Waals surface area contributed by atoms with E-state index in [9.17, 15) is 10.1 Å². The van der Waals surface area contributed by atoms with Crippen LogP contribution in [0.3, 0.4) is 0 Å². The van der Waals surface area contributed by atoms with Crippen molar-refractivity contribution in [2.24, 2.45) is 5.41 Å². The molecule has 0 bridgehead atoms. The van der Waals surface area contributed by atoms with Crippen LogP contribution in [-0.4, -0.2) is 23.5 Å². The van der Waals surface area contributed by atoms with Gasteiger partial charge in [-0.15, -0.1) is 0 Å². The van der Waals surface area contributed by atoms with Crippen molar-refractivity contribution in [1.82, 2.24) is 4.98 Å². The maximum atomic E-state index is 11.1. The van der Waals surface area contributed by atoms with E-state index in [1.54, 1.807) is 13.1 Å². The molecule has 1 aromatic rings. The number of nitro groups is 1. The third-order valence-electron chi connectivity index (χ3n) is 4.37. The summed E-state index contributed by atoms with van der Waals surface area (Å²) in [5, 5.41) is 17.2. The van der Waals surface area contributed by atoms with Crippen molar-refractivity contribution in [1.29, 1.82) is 0 Å². The van der Waals surface area contributed by atoms with E-state index in [4.69, 9.17) is 0 Å². The van der Waals surface area contributed by atoms with Crippen molar-refractivity contribution >= 4 is 17.3 Å². The Balaban J connectivity index is 2.16. The minimum atomic E-state index is -0.387. The molecule has 6 nitrogen and oxygen atoms in total. The Bertz CT molecular complexity index is 484. The molecule has 0 spiro atoms. The third kappa shape index (κ3) is 3.00. The molecule has 20 heavy (non-hydrogen) atoms. The Labute approximate surface area is 119 Å². The van der Waals surface area contributed by atoms with Gasteiger partial charge in [-0.25, -0.2) is 4.98 Å². The van der Waals surface area contributed by atoms with E-state index < -0.39 is 0 Å². The molecule has 1 saturated carbocycles. The quantitative estimate of drug-likeness (QED) is 0.615. The van der Waals surface area contributed by atoms with Gasteiger partial charge in [0.05, 0.1) is 4.92 Å². The molecule has 1 heterocycles. The van der Waals surface area contributed by atoms with Crippen LogP contribution in [0.15, 0.2) is 12.1 Å². The molecule has 2 N–H and O–H groups in total. The lowest BCUT2D eigenvalue weighted by molar-refractivity contribution is -0.384. The first-order chi connectivity index (χ1) is 9.60. The van der Waals surface area contributed by atoms with Crippen LogP contribution in [0.2, 0.25) is 0 Å². The predicted octanol–water partition coefficient (Wildman–Crippen LogP) is 3.41. The largest absolute Gasteiger partial charge is 0.373 e. The number of anilines is 2. The SMILES string of the molecule is CCC1(CNc2nc(NC)ccc2[N+](=O)[O-])CCCC1. The monoisotopic (exact) mass is 278 g/mol. The van der Waals surface area contributed by atoms with Crippen molar-refractivity contribution in [3.8, 4) is 0 Å². The van der Waals surface area contributed by atoms with Gasteiger partial charge in [0.1, 0.15) is 5.82 Å². The van der Waals surface area contributed by atoms with Crippen molar-refractivity contribution in [2.75, 3.05) is 24.2 Å². The van der Waals surface area contributed by atoms with Gasteiger partial charge in [0.15, 0.2) is 0 Å². The third-order valence-corrected chi connectivity index (χ3v) is 4.37. The highest BCUT2D eigenvalue weighted by atomic mass is 16.6. The lowest BCUT2D eigenvalue weighted by Crippen LogP contribution is -2.26. The van der Waals surface area contributed by atoms with Crippen LogP contribution >= 0.6 is 0 Å². The minimum absolute atomic E-state index is 0.0354. The number of nitrogens with one attached hydrogen (secondary N) is 2. The van der Waals surface area contributed by atoms with Crippen LogP contribution in [0.25, 0.3) is 0 Å². The molecule has 2 rings (SSSR count). The van der Waals surface area contributed by atoms with Gasteiger partial charge in [-0.05, 0) is 30.7 Å². The van der Waals surface area contributed by atoms with Crippen molar-refractivity contribution in [3.05, 3.63) is 22.2 Å². The van der Waals surface area contributed by atoms with E-state index in [1.807, 2.05) is 0 Å². The molecule has 110 valence electrons. The molecule has 0 radical (unpaired) electrons.